The number of urea groups is 1. The molecule has 0 saturated carbocycles. The number of amides is 2. The molecular weight excluding hydrogens is 411 g/mol. The summed E-state index contributed by atoms with van der Waals surface area (Å²) in [7, 11) is 0. The summed E-state index contributed by atoms with van der Waals surface area (Å²) in [6.45, 7) is 3.69. The maximum absolute atomic E-state index is 14.0. The third-order valence-corrected chi connectivity index (χ3v) is 5.01. The highest BCUT2D eigenvalue weighted by atomic mass is 35.5. The van der Waals surface area contributed by atoms with Crippen LogP contribution in [0.1, 0.15) is 25.5 Å². The summed E-state index contributed by atoms with van der Waals surface area (Å²) in [6.07, 6.45) is 0. The average molecular weight is 433 g/mol. The molecule has 1 atom stereocenters. The number of likely N-dealkylation sites (N-methyl/N-ethyl adjacent to an activating group) is 1. The van der Waals surface area contributed by atoms with Gasteiger partial charge in [0.25, 0.3) is 0 Å². The Morgan fingerprint density at radius 1 is 1.17 bits per heavy atom. The van der Waals surface area contributed by atoms with Gasteiger partial charge >= 0.3 is 12.0 Å². The normalized spacial score (nSPS) is 16.3. The second kappa shape index (κ2) is 9.63. The van der Waals surface area contributed by atoms with Gasteiger partial charge in [0, 0.05) is 11.6 Å². The fourth-order valence-corrected chi connectivity index (χ4v) is 3.54. The van der Waals surface area contributed by atoms with Crippen molar-refractivity contribution in [2.75, 3.05) is 19.8 Å². The van der Waals surface area contributed by atoms with Crippen LogP contribution in [0, 0.1) is 5.82 Å². The van der Waals surface area contributed by atoms with Crippen LogP contribution in [0.15, 0.2) is 59.8 Å². The minimum atomic E-state index is -0.827. The number of hydrogen-bond donors (Lipinski definition) is 1. The van der Waals surface area contributed by atoms with Crippen molar-refractivity contribution in [2.45, 2.75) is 19.9 Å². The van der Waals surface area contributed by atoms with Crippen molar-refractivity contribution < 1.29 is 23.5 Å². The Kier molecular flexibility index (Phi) is 6.95. The van der Waals surface area contributed by atoms with Crippen LogP contribution in [0.2, 0.25) is 5.02 Å². The van der Waals surface area contributed by atoms with Crippen molar-refractivity contribution >= 4 is 23.6 Å². The second-order valence-corrected chi connectivity index (χ2v) is 6.86. The molecule has 2 amide bonds. The number of halogens is 2. The number of nitrogens with zero attached hydrogens (tertiary/aromatic N) is 1. The smallest absolute Gasteiger partial charge is 0.338 e. The molecule has 0 aliphatic carbocycles. The van der Waals surface area contributed by atoms with Gasteiger partial charge < -0.3 is 14.8 Å². The van der Waals surface area contributed by atoms with Gasteiger partial charge in [-0.3, -0.25) is 4.90 Å². The highest BCUT2D eigenvalue weighted by Gasteiger charge is 2.38. The Bertz CT molecular complexity index is 979. The molecule has 6 nitrogen and oxygen atoms in total. The minimum absolute atomic E-state index is 0.0181. The highest BCUT2D eigenvalue weighted by molar-refractivity contribution is 6.31. The number of rotatable bonds is 7. The van der Waals surface area contributed by atoms with E-state index >= 15 is 0 Å². The Morgan fingerprint density at radius 3 is 2.53 bits per heavy atom. The predicted octanol–water partition coefficient (Wildman–Crippen LogP) is 4.46. The summed E-state index contributed by atoms with van der Waals surface area (Å²) in [6, 6.07) is 11.6. The Balaban J connectivity index is 2.10. The van der Waals surface area contributed by atoms with Gasteiger partial charge in [-0.2, -0.15) is 0 Å². The molecule has 1 aliphatic rings. The summed E-state index contributed by atoms with van der Waals surface area (Å²) in [4.78, 5) is 27.1. The number of hydrogen-bond acceptors (Lipinski definition) is 4. The van der Waals surface area contributed by atoms with Crippen LogP contribution in [-0.2, 0) is 9.53 Å². The average Bonchev–Trinajstić information content (AvgIpc) is 2.73. The first kappa shape index (κ1) is 21.6. The zero-order valence-corrected chi connectivity index (χ0v) is 17.4. The first-order valence-electron chi connectivity index (χ1n) is 9.57. The molecular formula is C22H22ClFN2O4. The summed E-state index contributed by atoms with van der Waals surface area (Å²) in [5.41, 5.74) is 1.05. The molecule has 0 unspecified atom stereocenters. The molecule has 2 aromatic carbocycles. The number of carbonyl (C=O) groups excluding carboxylic acids is 2. The van der Waals surface area contributed by atoms with E-state index in [-0.39, 0.29) is 31.1 Å². The van der Waals surface area contributed by atoms with Crippen molar-refractivity contribution in [3.63, 3.8) is 0 Å². The molecule has 0 spiro atoms. The summed E-state index contributed by atoms with van der Waals surface area (Å²) in [5.74, 6) is -1.13. The minimum Gasteiger partial charge on any atom is -0.484 e. The van der Waals surface area contributed by atoms with Gasteiger partial charge in [-0.15, -0.1) is 0 Å². The molecule has 8 heteroatoms. The maximum atomic E-state index is 14.0. The summed E-state index contributed by atoms with van der Waals surface area (Å²) >= 11 is 6.34. The molecule has 0 saturated heterocycles. The first-order valence-corrected chi connectivity index (χ1v) is 9.95. The van der Waals surface area contributed by atoms with Crippen LogP contribution in [0.5, 0.6) is 5.75 Å². The topological polar surface area (TPSA) is 67.9 Å². The van der Waals surface area contributed by atoms with E-state index in [4.69, 9.17) is 21.1 Å². The SMILES string of the molecule is CCOC(=O)C1=C(COc2ccccc2F)N(CC)C(=O)N[C@H]1c1ccccc1Cl. The zero-order valence-electron chi connectivity index (χ0n) is 16.7. The quantitative estimate of drug-likeness (QED) is 0.656. The van der Waals surface area contributed by atoms with Crippen molar-refractivity contribution in [3.05, 3.63) is 76.2 Å². The lowest BCUT2D eigenvalue weighted by Gasteiger charge is -2.36. The first-order chi connectivity index (χ1) is 14.5. The molecule has 0 aromatic heterocycles. The molecule has 1 aliphatic heterocycles. The van der Waals surface area contributed by atoms with Crippen LogP contribution < -0.4 is 10.1 Å². The lowest BCUT2D eigenvalue weighted by molar-refractivity contribution is -0.139. The molecule has 0 bridgehead atoms. The third-order valence-electron chi connectivity index (χ3n) is 4.67. The lowest BCUT2D eigenvalue weighted by atomic mass is 9.94. The molecule has 1 N–H and O–H groups in total. The highest BCUT2D eigenvalue weighted by Crippen LogP contribution is 2.35. The number of carbonyl (C=O) groups is 2. The van der Waals surface area contributed by atoms with Crippen molar-refractivity contribution in [3.8, 4) is 5.75 Å². The molecule has 0 radical (unpaired) electrons. The Labute approximate surface area is 179 Å². The van der Waals surface area contributed by atoms with Crippen LogP contribution in [-0.4, -0.2) is 36.7 Å². The van der Waals surface area contributed by atoms with Crippen LogP contribution in [0.25, 0.3) is 0 Å². The second-order valence-electron chi connectivity index (χ2n) is 6.45. The van der Waals surface area contributed by atoms with Gasteiger partial charge in [-0.1, -0.05) is 41.9 Å². The van der Waals surface area contributed by atoms with E-state index in [2.05, 4.69) is 5.32 Å². The van der Waals surface area contributed by atoms with E-state index in [0.29, 0.717) is 16.3 Å². The number of ether oxygens (including phenoxy) is 2. The zero-order chi connectivity index (χ0) is 21.7. The molecule has 158 valence electrons. The van der Waals surface area contributed by atoms with E-state index in [0.717, 1.165) is 0 Å². The van der Waals surface area contributed by atoms with E-state index < -0.39 is 23.9 Å². The van der Waals surface area contributed by atoms with Gasteiger partial charge in [0.15, 0.2) is 11.6 Å². The fraction of sp³-hybridized carbons (Fsp3) is 0.273. The van der Waals surface area contributed by atoms with E-state index in [9.17, 15) is 14.0 Å². The van der Waals surface area contributed by atoms with Crippen molar-refractivity contribution in [1.29, 1.82) is 0 Å². The van der Waals surface area contributed by atoms with Crippen molar-refractivity contribution in [2.24, 2.45) is 0 Å². The Hall–Kier alpha value is -3.06. The van der Waals surface area contributed by atoms with Gasteiger partial charge in [-0.25, -0.2) is 14.0 Å². The van der Waals surface area contributed by atoms with E-state index in [1.54, 1.807) is 50.2 Å². The van der Waals surface area contributed by atoms with Gasteiger partial charge in [0.1, 0.15) is 6.61 Å². The molecule has 0 fully saturated rings. The number of esters is 1. The monoisotopic (exact) mass is 432 g/mol. The van der Waals surface area contributed by atoms with E-state index in [1.165, 1.54) is 17.0 Å². The van der Waals surface area contributed by atoms with Gasteiger partial charge in [-0.05, 0) is 37.6 Å². The van der Waals surface area contributed by atoms with Gasteiger partial charge in [0.05, 0.1) is 23.9 Å². The molecule has 3 rings (SSSR count). The number of benzene rings is 2. The van der Waals surface area contributed by atoms with E-state index in [1.807, 2.05) is 0 Å². The lowest BCUT2D eigenvalue weighted by Crippen LogP contribution is -2.49. The van der Waals surface area contributed by atoms with Gasteiger partial charge in [0.2, 0.25) is 0 Å². The number of nitrogens with one attached hydrogen (secondary N) is 1. The third kappa shape index (κ3) is 4.41. The summed E-state index contributed by atoms with van der Waals surface area (Å²) in [5, 5.41) is 3.21. The van der Waals surface area contributed by atoms with Crippen molar-refractivity contribution in [1.82, 2.24) is 10.2 Å². The standard InChI is InChI=1S/C22H22ClFN2O4/c1-3-26-17(13-30-18-12-8-7-11-16(18)24)19(21(27)29-4-2)20(25-22(26)28)14-9-5-6-10-15(14)23/h5-12,20H,3-4,13H2,1-2H3,(H,25,28)/t20-/m0/s1. The van der Waals surface area contributed by atoms with Crippen LogP contribution >= 0.6 is 11.6 Å². The predicted molar refractivity (Wildman–Crippen MR) is 111 cm³/mol. The maximum Gasteiger partial charge on any atom is 0.338 e. The summed E-state index contributed by atoms with van der Waals surface area (Å²) < 4.78 is 24.9. The Morgan fingerprint density at radius 2 is 1.87 bits per heavy atom. The molecule has 1 heterocycles. The molecule has 30 heavy (non-hydrogen) atoms. The largest absolute Gasteiger partial charge is 0.484 e. The number of para-hydroxylation sites is 1. The molecule has 2 aromatic rings. The fourth-order valence-electron chi connectivity index (χ4n) is 3.29. The van der Waals surface area contributed by atoms with Crippen LogP contribution in [0.3, 0.4) is 0 Å². The van der Waals surface area contributed by atoms with Crippen LogP contribution in [0.4, 0.5) is 9.18 Å².